The van der Waals surface area contributed by atoms with Crippen LogP contribution in [-0.4, -0.2) is 27.5 Å². The highest BCUT2D eigenvalue weighted by Gasteiger charge is 2.24. The molecule has 0 radical (unpaired) electrons. The van der Waals surface area contributed by atoms with Crippen LogP contribution in [-0.2, 0) is 4.79 Å². The second kappa shape index (κ2) is 5.13. The first-order valence-corrected chi connectivity index (χ1v) is 7.04. The van der Waals surface area contributed by atoms with E-state index in [9.17, 15) is 9.59 Å². The molecule has 1 aromatic carbocycles. The smallest absolute Gasteiger partial charge is 0.269 e. The zero-order chi connectivity index (χ0) is 15.0. The average Bonchev–Trinajstić information content (AvgIpc) is 2.87. The first-order valence-electron chi connectivity index (χ1n) is 6.26. The molecule has 21 heavy (non-hydrogen) atoms. The molecule has 1 aromatic heterocycles. The van der Waals surface area contributed by atoms with Crippen LogP contribution in [0.25, 0.3) is 0 Å². The Hall–Kier alpha value is -2.48. The molecule has 0 fully saturated rings. The molecule has 2 amide bonds. The van der Waals surface area contributed by atoms with E-state index in [1.165, 1.54) is 0 Å². The standard InChI is InChI=1S/C13H12N4O3S/c1-6-11(21-17-16-6)13(19)14-8-3-4-10-9(5-8)15-12(18)7(2)20-10/h3-5,7H,1-2H3,(H,14,19)(H,15,18). The molecule has 2 heterocycles. The van der Waals surface area contributed by atoms with Gasteiger partial charge >= 0.3 is 0 Å². The maximum atomic E-state index is 12.1. The third kappa shape index (κ3) is 2.57. The van der Waals surface area contributed by atoms with Crippen molar-refractivity contribution < 1.29 is 14.3 Å². The molecular formula is C13H12N4O3S. The normalized spacial score (nSPS) is 16.7. The number of hydrogen-bond donors (Lipinski definition) is 2. The first kappa shape index (κ1) is 13.5. The lowest BCUT2D eigenvalue weighted by Crippen LogP contribution is -2.34. The van der Waals surface area contributed by atoms with Crippen molar-refractivity contribution in [3.63, 3.8) is 0 Å². The van der Waals surface area contributed by atoms with Crippen LogP contribution in [0.1, 0.15) is 22.3 Å². The van der Waals surface area contributed by atoms with Gasteiger partial charge in [0.2, 0.25) is 0 Å². The maximum absolute atomic E-state index is 12.1. The summed E-state index contributed by atoms with van der Waals surface area (Å²) in [5.74, 6) is 0.0862. The highest BCUT2D eigenvalue weighted by Crippen LogP contribution is 2.32. The fourth-order valence-corrected chi connectivity index (χ4v) is 2.47. The van der Waals surface area contributed by atoms with Gasteiger partial charge in [0, 0.05) is 5.69 Å². The number of carbonyl (C=O) groups excluding carboxylic acids is 2. The zero-order valence-corrected chi connectivity index (χ0v) is 12.2. The van der Waals surface area contributed by atoms with Gasteiger partial charge in [-0.1, -0.05) is 4.49 Å². The monoisotopic (exact) mass is 304 g/mol. The Bertz CT molecular complexity index is 728. The summed E-state index contributed by atoms with van der Waals surface area (Å²) in [5, 5.41) is 9.28. The highest BCUT2D eigenvalue weighted by molar-refractivity contribution is 7.08. The number of benzene rings is 1. The van der Waals surface area contributed by atoms with Crippen LogP contribution in [0.2, 0.25) is 0 Å². The number of rotatable bonds is 2. The van der Waals surface area contributed by atoms with E-state index >= 15 is 0 Å². The summed E-state index contributed by atoms with van der Waals surface area (Å²) in [6.07, 6.45) is -0.524. The molecular weight excluding hydrogens is 292 g/mol. The number of nitrogens with one attached hydrogen (secondary N) is 2. The van der Waals surface area contributed by atoms with E-state index in [-0.39, 0.29) is 11.8 Å². The summed E-state index contributed by atoms with van der Waals surface area (Å²) in [6.45, 7) is 3.40. The van der Waals surface area contributed by atoms with Gasteiger partial charge in [-0.3, -0.25) is 9.59 Å². The topological polar surface area (TPSA) is 93.2 Å². The largest absolute Gasteiger partial charge is 0.479 e. The van der Waals surface area contributed by atoms with Crippen LogP contribution in [0.5, 0.6) is 5.75 Å². The minimum Gasteiger partial charge on any atom is -0.479 e. The average molecular weight is 304 g/mol. The second-order valence-corrected chi connectivity index (χ2v) is 5.36. The number of fused-ring (bicyclic) bond motifs is 1. The van der Waals surface area contributed by atoms with Crippen LogP contribution >= 0.6 is 11.5 Å². The number of hydrogen-bond acceptors (Lipinski definition) is 6. The summed E-state index contributed by atoms with van der Waals surface area (Å²) >= 11 is 1.04. The van der Waals surface area contributed by atoms with Crippen molar-refractivity contribution in [3.05, 3.63) is 28.8 Å². The lowest BCUT2D eigenvalue weighted by molar-refractivity contribution is -0.122. The number of ether oxygens (including phenoxy) is 1. The van der Waals surface area contributed by atoms with Crippen molar-refractivity contribution in [3.8, 4) is 5.75 Å². The van der Waals surface area contributed by atoms with E-state index in [0.717, 1.165) is 11.5 Å². The summed E-state index contributed by atoms with van der Waals surface area (Å²) < 4.78 is 9.18. The summed E-state index contributed by atoms with van der Waals surface area (Å²) in [4.78, 5) is 24.1. The van der Waals surface area contributed by atoms with Gasteiger partial charge in [-0.25, -0.2) is 0 Å². The van der Waals surface area contributed by atoms with E-state index in [1.807, 2.05) is 0 Å². The highest BCUT2D eigenvalue weighted by atomic mass is 32.1. The van der Waals surface area contributed by atoms with Crippen molar-refractivity contribution in [2.75, 3.05) is 10.6 Å². The number of carbonyl (C=O) groups is 2. The molecule has 8 heteroatoms. The summed E-state index contributed by atoms with van der Waals surface area (Å²) in [7, 11) is 0. The van der Waals surface area contributed by atoms with Crippen LogP contribution < -0.4 is 15.4 Å². The fourth-order valence-electron chi connectivity index (χ4n) is 1.91. The Morgan fingerprint density at radius 2 is 2.29 bits per heavy atom. The fraction of sp³-hybridized carbons (Fsp3) is 0.231. The van der Waals surface area contributed by atoms with Gasteiger partial charge in [0.1, 0.15) is 10.6 Å². The SMILES string of the molecule is Cc1nnsc1C(=O)Nc1ccc2c(c1)NC(=O)C(C)O2. The predicted molar refractivity (Wildman–Crippen MR) is 77.8 cm³/mol. The Labute approximate surface area is 124 Å². The Kier molecular flexibility index (Phi) is 3.30. The van der Waals surface area contributed by atoms with Crippen LogP contribution in [0, 0.1) is 6.92 Å². The molecule has 0 saturated carbocycles. The molecule has 0 saturated heterocycles. The molecule has 0 aliphatic carbocycles. The minimum absolute atomic E-state index is 0.214. The molecule has 0 spiro atoms. The van der Waals surface area contributed by atoms with Crippen molar-refractivity contribution in [2.45, 2.75) is 20.0 Å². The number of aryl methyl sites for hydroxylation is 1. The summed E-state index contributed by atoms with van der Waals surface area (Å²) in [6, 6.07) is 5.07. The minimum atomic E-state index is -0.524. The van der Waals surface area contributed by atoms with E-state index in [0.29, 0.717) is 27.7 Å². The van der Waals surface area contributed by atoms with Gasteiger partial charge < -0.3 is 15.4 Å². The Morgan fingerprint density at radius 1 is 1.48 bits per heavy atom. The predicted octanol–water partition coefficient (Wildman–Crippen LogP) is 1.82. The van der Waals surface area contributed by atoms with Gasteiger partial charge in [-0.05, 0) is 43.6 Å². The molecule has 1 unspecified atom stereocenters. The third-order valence-electron chi connectivity index (χ3n) is 3.03. The molecule has 1 aliphatic heterocycles. The van der Waals surface area contributed by atoms with Crippen molar-refractivity contribution >= 4 is 34.7 Å². The van der Waals surface area contributed by atoms with Crippen molar-refractivity contribution in [1.82, 2.24) is 9.59 Å². The van der Waals surface area contributed by atoms with Crippen molar-refractivity contribution in [1.29, 1.82) is 0 Å². The summed E-state index contributed by atoms with van der Waals surface area (Å²) in [5.41, 5.74) is 1.68. The Balaban J connectivity index is 1.82. The molecule has 1 aliphatic rings. The number of anilines is 2. The molecule has 0 bridgehead atoms. The molecule has 2 aromatic rings. The molecule has 1 atom stereocenters. The van der Waals surface area contributed by atoms with Gasteiger partial charge in [-0.15, -0.1) is 5.10 Å². The molecule has 2 N–H and O–H groups in total. The lowest BCUT2D eigenvalue weighted by Gasteiger charge is -2.23. The molecule has 7 nitrogen and oxygen atoms in total. The number of amides is 2. The zero-order valence-electron chi connectivity index (χ0n) is 11.3. The first-order chi connectivity index (χ1) is 10.0. The van der Waals surface area contributed by atoms with Gasteiger partial charge in [0.15, 0.2) is 6.10 Å². The van der Waals surface area contributed by atoms with E-state index in [1.54, 1.807) is 32.0 Å². The van der Waals surface area contributed by atoms with E-state index in [2.05, 4.69) is 20.2 Å². The van der Waals surface area contributed by atoms with E-state index in [4.69, 9.17) is 4.74 Å². The van der Waals surface area contributed by atoms with E-state index < -0.39 is 6.10 Å². The Morgan fingerprint density at radius 3 is 3.00 bits per heavy atom. The number of aromatic nitrogens is 2. The quantitative estimate of drug-likeness (QED) is 0.882. The van der Waals surface area contributed by atoms with Crippen LogP contribution in [0.3, 0.4) is 0 Å². The van der Waals surface area contributed by atoms with Gasteiger partial charge in [0.05, 0.1) is 11.4 Å². The molecule has 3 rings (SSSR count). The second-order valence-electron chi connectivity index (χ2n) is 4.60. The van der Waals surface area contributed by atoms with Gasteiger partial charge in [-0.2, -0.15) is 0 Å². The van der Waals surface area contributed by atoms with Crippen LogP contribution in [0.4, 0.5) is 11.4 Å². The maximum Gasteiger partial charge on any atom is 0.269 e. The van der Waals surface area contributed by atoms with Gasteiger partial charge in [0.25, 0.3) is 11.8 Å². The lowest BCUT2D eigenvalue weighted by atomic mass is 10.2. The number of nitrogens with zero attached hydrogens (tertiary/aromatic N) is 2. The third-order valence-corrected chi connectivity index (χ3v) is 3.85. The molecule has 108 valence electrons. The van der Waals surface area contributed by atoms with Crippen molar-refractivity contribution in [2.24, 2.45) is 0 Å². The van der Waals surface area contributed by atoms with Crippen LogP contribution in [0.15, 0.2) is 18.2 Å².